The highest BCUT2D eigenvalue weighted by Crippen LogP contribution is 2.33. The topological polar surface area (TPSA) is 77.8 Å². The summed E-state index contributed by atoms with van der Waals surface area (Å²) in [5.74, 6) is -1.16. The zero-order valence-electron chi connectivity index (χ0n) is 11.4. The number of amides is 1. The highest BCUT2D eigenvalue weighted by Gasteiger charge is 2.23. The molecule has 0 aliphatic heterocycles. The Morgan fingerprint density at radius 2 is 1.86 bits per heavy atom. The van der Waals surface area contributed by atoms with Crippen molar-refractivity contribution in [2.45, 2.75) is 19.8 Å². The summed E-state index contributed by atoms with van der Waals surface area (Å²) in [5, 5.41) is 21.7. The fraction of sp³-hybridized carbons (Fsp3) is 0.200. The normalized spacial score (nSPS) is 10.3. The average molecular weight is 305 g/mol. The lowest BCUT2D eigenvalue weighted by Crippen LogP contribution is -2.26. The summed E-state index contributed by atoms with van der Waals surface area (Å²) in [7, 11) is 0. The van der Waals surface area contributed by atoms with E-state index < -0.39 is 5.97 Å². The number of rotatable bonds is 5. The molecule has 1 amide bonds. The van der Waals surface area contributed by atoms with Gasteiger partial charge in [-0.3, -0.25) is 9.69 Å². The molecule has 0 saturated carbocycles. The van der Waals surface area contributed by atoms with Crippen molar-refractivity contribution in [3.8, 4) is 5.75 Å². The first-order valence-electron chi connectivity index (χ1n) is 6.46. The molecule has 1 aromatic carbocycles. The molecule has 0 radical (unpaired) electrons. The van der Waals surface area contributed by atoms with Gasteiger partial charge in [0.25, 0.3) is 0 Å². The van der Waals surface area contributed by atoms with Crippen LogP contribution in [0.4, 0.5) is 11.4 Å². The van der Waals surface area contributed by atoms with Gasteiger partial charge in [-0.15, -0.1) is 11.3 Å². The summed E-state index contributed by atoms with van der Waals surface area (Å²) in [6, 6.07) is 6.11. The molecule has 2 rings (SSSR count). The monoisotopic (exact) mass is 305 g/mol. The Morgan fingerprint density at radius 3 is 2.43 bits per heavy atom. The Morgan fingerprint density at radius 1 is 1.19 bits per heavy atom. The van der Waals surface area contributed by atoms with Crippen LogP contribution >= 0.6 is 11.3 Å². The second-order valence-corrected chi connectivity index (χ2v) is 5.21. The third-order valence-corrected chi connectivity index (χ3v) is 3.67. The number of nitrogens with zero attached hydrogens (tertiary/aromatic N) is 1. The number of carboxylic acid groups (broad SMARTS) is 1. The number of hydrogen-bond acceptors (Lipinski definition) is 4. The van der Waals surface area contributed by atoms with Crippen LogP contribution in [0, 0.1) is 0 Å². The van der Waals surface area contributed by atoms with Crippen LogP contribution in [0.2, 0.25) is 0 Å². The molecular weight excluding hydrogens is 290 g/mol. The maximum atomic E-state index is 12.4. The molecule has 5 nitrogen and oxygen atoms in total. The van der Waals surface area contributed by atoms with Gasteiger partial charge in [0.1, 0.15) is 5.75 Å². The zero-order chi connectivity index (χ0) is 15.4. The second kappa shape index (κ2) is 6.41. The van der Waals surface area contributed by atoms with Gasteiger partial charge in [0, 0.05) is 22.9 Å². The molecule has 0 spiro atoms. The van der Waals surface area contributed by atoms with Crippen molar-refractivity contribution in [2.24, 2.45) is 0 Å². The van der Waals surface area contributed by atoms with E-state index in [2.05, 4.69) is 0 Å². The Kier molecular flexibility index (Phi) is 4.59. The van der Waals surface area contributed by atoms with E-state index in [1.54, 1.807) is 17.5 Å². The summed E-state index contributed by atoms with van der Waals surface area (Å²) in [5.41, 5.74) is 0.987. The van der Waals surface area contributed by atoms with Crippen molar-refractivity contribution < 1.29 is 19.8 Å². The highest BCUT2D eigenvalue weighted by molar-refractivity contribution is 7.08. The number of carboxylic acids is 1. The smallest absolute Gasteiger partial charge is 0.338 e. The van der Waals surface area contributed by atoms with Crippen molar-refractivity contribution >= 4 is 34.6 Å². The van der Waals surface area contributed by atoms with Crippen LogP contribution in [0.3, 0.4) is 0 Å². The van der Waals surface area contributed by atoms with E-state index in [1.807, 2.05) is 6.92 Å². The van der Waals surface area contributed by atoms with E-state index in [-0.39, 0.29) is 17.2 Å². The summed E-state index contributed by atoms with van der Waals surface area (Å²) >= 11 is 1.23. The predicted molar refractivity (Wildman–Crippen MR) is 81.4 cm³/mol. The van der Waals surface area contributed by atoms with E-state index in [4.69, 9.17) is 0 Å². The van der Waals surface area contributed by atoms with Crippen molar-refractivity contribution in [1.82, 2.24) is 0 Å². The minimum absolute atomic E-state index is 0.0883. The van der Waals surface area contributed by atoms with Crippen LogP contribution in [0.1, 0.15) is 30.1 Å². The van der Waals surface area contributed by atoms with Crippen LogP contribution in [-0.4, -0.2) is 22.1 Å². The Balaban J connectivity index is 2.50. The van der Waals surface area contributed by atoms with E-state index in [0.717, 1.165) is 0 Å². The van der Waals surface area contributed by atoms with Crippen molar-refractivity contribution in [3.05, 3.63) is 40.6 Å². The number of hydrogen-bond donors (Lipinski definition) is 2. The van der Waals surface area contributed by atoms with Gasteiger partial charge < -0.3 is 10.2 Å². The quantitative estimate of drug-likeness (QED) is 0.884. The van der Waals surface area contributed by atoms with Crippen molar-refractivity contribution in [1.29, 1.82) is 0 Å². The van der Waals surface area contributed by atoms with Crippen LogP contribution < -0.4 is 4.90 Å². The molecule has 6 heteroatoms. The van der Waals surface area contributed by atoms with Crippen LogP contribution in [0.25, 0.3) is 0 Å². The molecule has 2 N–H and O–H groups in total. The minimum Gasteiger partial charge on any atom is -0.508 e. The molecule has 0 bridgehead atoms. The van der Waals surface area contributed by atoms with Crippen LogP contribution in [0.5, 0.6) is 5.75 Å². The van der Waals surface area contributed by atoms with Gasteiger partial charge in [0.2, 0.25) is 5.91 Å². The van der Waals surface area contributed by atoms with Gasteiger partial charge in [-0.2, -0.15) is 0 Å². The first-order chi connectivity index (χ1) is 10.0. The molecule has 110 valence electrons. The van der Waals surface area contributed by atoms with Crippen molar-refractivity contribution in [2.75, 3.05) is 4.90 Å². The third kappa shape index (κ3) is 3.22. The van der Waals surface area contributed by atoms with E-state index in [9.17, 15) is 19.8 Å². The standard InChI is InChI=1S/C15H15NO4S/c1-2-3-14(18)16(10-4-6-11(17)7-5-10)13-9-21-8-12(13)15(19)20/h4-9,17H,2-3H2,1H3,(H,19,20). The van der Waals surface area contributed by atoms with Crippen LogP contribution in [-0.2, 0) is 4.79 Å². The molecular formula is C15H15NO4S. The average Bonchev–Trinajstić information content (AvgIpc) is 2.91. The molecule has 1 heterocycles. The van der Waals surface area contributed by atoms with E-state index in [0.29, 0.717) is 24.2 Å². The second-order valence-electron chi connectivity index (χ2n) is 4.47. The van der Waals surface area contributed by atoms with Crippen LogP contribution in [0.15, 0.2) is 35.0 Å². The van der Waals surface area contributed by atoms with E-state index >= 15 is 0 Å². The molecule has 0 fully saturated rings. The predicted octanol–water partition coefficient (Wildman–Crippen LogP) is 3.62. The first kappa shape index (κ1) is 15.1. The molecule has 0 atom stereocenters. The number of anilines is 2. The summed E-state index contributed by atoms with van der Waals surface area (Å²) in [6.07, 6.45) is 0.982. The summed E-state index contributed by atoms with van der Waals surface area (Å²) in [6.45, 7) is 1.89. The SMILES string of the molecule is CCCC(=O)N(c1ccc(O)cc1)c1cscc1C(=O)O. The number of aromatic carboxylic acids is 1. The third-order valence-electron chi connectivity index (χ3n) is 2.93. The molecule has 0 aliphatic rings. The summed E-state index contributed by atoms with van der Waals surface area (Å²) in [4.78, 5) is 25.1. The maximum absolute atomic E-state index is 12.4. The van der Waals surface area contributed by atoms with Gasteiger partial charge in [-0.1, -0.05) is 6.92 Å². The maximum Gasteiger partial charge on any atom is 0.338 e. The van der Waals surface area contributed by atoms with Gasteiger partial charge in [0.15, 0.2) is 0 Å². The Bertz CT molecular complexity index is 648. The van der Waals surface area contributed by atoms with Gasteiger partial charge >= 0.3 is 5.97 Å². The number of carbonyl (C=O) groups is 2. The molecule has 0 aliphatic carbocycles. The summed E-state index contributed by atoms with van der Waals surface area (Å²) < 4.78 is 0. The molecule has 2 aromatic rings. The highest BCUT2D eigenvalue weighted by atomic mass is 32.1. The number of phenols is 1. The number of thiophene rings is 1. The van der Waals surface area contributed by atoms with Crippen molar-refractivity contribution in [3.63, 3.8) is 0 Å². The molecule has 0 saturated heterocycles. The minimum atomic E-state index is -1.07. The zero-order valence-corrected chi connectivity index (χ0v) is 12.3. The number of phenolic OH excluding ortho intramolecular Hbond substituents is 1. The molecule has 1 aromatic heterocycles. The lowest BCUT2D eigenvalue weighted by atomic mass is 10.2. The number of carbonyl (C=O) groups excluding carboxylic acids is 1. The van der Waals surface area contributed by atoms with Gasteiger partial charge in [0.05, 0.1) is 11.3 Å². The number of benzene rings is 1. The molecule has 0 unspecified atom stereocenters. The van der Waals surface area contributed by atoms with Gasteiger partial charge in [-0.25, -0.2) is 4.79 Å². The fourth-order valence-corrected chi connectivity index (χ4v) is 2.76. The van der Waals surface area contributed by atoms with Gasteiger partial charge in [-0.05, 0) is 30.7 Å². The lowest BCUT2D eigenvalue weighted by molar-refractivity contribution is -0.117. The first-order valence-corrected chi connectivity index (χ1v) is 7.40. The Labute approximate surface area is 126 Å². The van der Waals surface area contributed by atoms with E-state index in [1.165, 1.54) is 33.7 Å². The Hall–Kier alpha value is -2.34. The molecule has 21 heavy (non-hydrogen) atoms. The lowest BCUT2D eigenvalue weighted by Gasteiger charge is -2.22. The number of aromatic hydroxyl groups is 1. The fourth-order valence-electron chi connectivity index (χ4n) is 1.97. The largest absolute Gasteiger partial charge is 0.508 e.